The number of nitrogens with one attached hydrogen (secondary N) is 1. The van der Waals surface area contributed by atoms with E-state index in [0.717, 1.165) is 18.5 Å². The highest BCUT2D eigenvalue weighted by molar-refractivity contribution is 6.30. The quantitative estimate of drug-likeness (QED) is 0.762. The Balaban J connectivity index is 1.44. The van der Waals surface area contributed by atoms with Crippen molar-refractivity contribution in [2.24, 2.45) is 0 Å². The van der Waals surface area contributed by atoms with Gasteiger partial charge in [0.15, 0.2) is 11.5 Å². The van der Waals surface area contributed by atoms with Crippen LogP contribution in [0.15, 0.2) is 48.5 Å². The van der Waals surface area contributed by atoms with E-state index in [0.29, 0.717) is 36.2 Å². The number of nitrogens with zero attached hydrogens (tertiary/aromatic N) is 1. The Bertz CT molecular complexity index is 772. The average molecular weight is 405 g/mol. The molecule has 150 valence electrons. The number of benzene rings is 2. The standard InChI is InChI=1S/C21H25ClN2O4/c1-26-20-13-17(22)7-8-19(20)27-12-9-18-14-24(11-10-23-18)21(25)28-15-16-5-3-2-4-6-16/h2-8,13,18,23H,9-12,14-15H2,1H3/t18-/m1/s1. The zero-order valence-electron chi connectivity index (χ0n) is 15.9. The van der Waals surface area contributed by atoms with Crippen molar-refractivity contribution in [2.45, 2.75) is 19.1 Å². The topological polar surface area (TPSA) is 60.0 Å². The molecule has 6 nitrogen and oxygen atoms in total. The number of amides is 1. The average Bonchev–Trinajstić information content (AvgIpc) is 2.74. The summed E-state index contributed by atoms with van der Waals surface area (Å²) in [5.41, 5.74) is 0.979. The molecule has 1 atom stereocenters. The number of halogens is 1. The van der Waals surface area contributed by atoms with Gasteiger partial charge in [0.25, 0.3) is 0 Å². The highest BCUT2D eigenvalue weighted by Gasteiger charge is 2.24. The van der Waals surface area contributed by atoms with E-state index in [1.54, 1.807) is 30.2 Å². The Hall–Kier alpha value is -2.44. The Morgan fingerprint density at radius 3 is 2.82 bits per heavy atom. The summed E-state index contributed by atoms with van der Waals surface area (Å²) in [6.07, 6.45) is 0.476. The highest BCUT2D eigenvalue weighted by atomic mass is 35.5. The minimum atomic E-state index is -0.282. The molecule has 0 aromatic heterocycles. The normalized spacial score (nSPS) is 16.5. The number of methoxy groups -OCH3 is 1. The largest absolute Gasteiger partial charge is 0.493 e. The summed E-state index contributed by atoms with van der Waals surface area (Å²) >= 11 is 5.97. The van der Waals surface area contributed by atoms with Crippen molar-refractivity contribution < 1.29 is 19.0 Å². The maximum absolute atomic E-state index is 12.3. The van der Waals surface area contributed by atoms with Gasteiger partial charge in [-0.3, -0.25) is 0 Å². The van der Waals surface area contributed by atoms with Gasteiger partial charge in [-0.15, -0.1) is 0 Å². The number of hydrogen-bond donors (Lipinski definition) is 1. The third kappa shape index (κ3) is 5.78. The summed E-state index contributed by atoms with van der Waals surface area (Å²) in [6, 6.07) is 15.1. The minimum Gasteiger partial charge on any atom is -0.493 e. The van der Waals surface area contributed by atoms with Crippen molar-refractivity contribution in [3.8, 4) is 11.5 Å². The lowest BCUT2D eigenvalue weighted by molar-refractivity contribution is 0.0827. The number of rotatable bonds is 7. The van der Waals surface area contributed by atoms with Crippen molar-refractivity contribution in [3.05, 3.63) is 59.1 Å². The predicted octanol–water partition coefficient (Wildman–Crippen LogP) is 3.73. The van der Waals surface area contributed by atoms with Gasteiger partial charge in [-0.2, -0.15) is 0 Å². The molecule has 1 N–H and O–H groups in total. The SMILES string of the molecule is COc1cc(Cl)ccc1OCC[C@@H]1CN(C(=O)OCc2ccccc2)CCN1. The van der Waals surface area contributed by atoms with E-state index in [1.165, 1.54) is 0 Å². The molecule has 2 aromatic carbocycles. The van der Waals surface area contributed by atoms with Gasteiger partial charge < -0.3 is 24.4 Å². The molecule has 1 saturated heterocycles. The van der Waals surface area contributed by atoms with E-state index >= 15 is 0 Å². The van der Waals surface area contributed by atoms with Gasteiger partial charge in [-0.1, -0.05) is 41.9 Å². The molecule has 0 bridgehead atoms. The van der Waals surface area contributed by atoms with E-state index in [9.17, 15) is 4.79 Å². The Kier molecular flexibility index (Phi) is 7.39. The van der Waals surface area contributed by atoms with Gasteiger partial charge in [0.05, 0.1) is 13.7 Å². The van der Waals surface area contributed by atoms with Gasteiger partial charge in [-0.25, -0.2) is 4.79 Å². The van der Waals surface area contributed by atoms with Gasteiger partial charge in [-0.05, 0) is 24.1 Å². The van der Waals surface area contributed by atoms with Gasteiger partial charge in [0.1, 0.15) is 6.61 Å². The maximum atomic E-state index is 12.3. The molecule has 0 spiro atoms. The van der Waals surface area contributed by atoms with E-state index in [4.69, 9.17) is 25.8 Å². The fourth-order valence-corrected chi connectivity index (χ4v) is 3.23. The third-order valence-corrected chi connectivity index (χ3v) is 4.80. The first kappa shape index (κ1) is 20.3. The predicted molar refractivity (Wildman–Crippen MR) is 108 cm³/mol. The first-order valence-corrected chi connectivity index (χ1v) is 9.69. The van der Waals surface area contributed by atoms with E-state index in [2.05, 4.69) is 5.32 Å². The summed E-state index contributed by atoms with van der Waals surface area (Å²) < 4.78 is 16.5. The molecule has 3 rings (SSSR count). The zero-order chi connectivity index (χ0) is 19.8. The van der Waals surface area contributed by atoms with Crippen LogP contribution in [0.4, 0.5) is 4.79 Å². The summed E-state index contributed by atoms with van der Waals surface area (Å²) in [5, 5.41) is 4.02. The molecule has 1 fully saturated rings. The minimum absolute atomic E-state index is 0.149. The lowest BCUT2D eigenvalue weighted by Crippen LogP contribution is -2.53. The van der Waals surface area contributed by atoms with Gasteiger partial charge in [0.2, 0.25) is 0 Å². The molecule has 7 heteroatoms. The second-order valence-electron chi connectivity index (χ2n) is 6.57. The van der Waals surface area contributed by atoms with Crippen LogP contribution in [-0.4, -0.2) is 50.4 Å². The van der Waals surface area contributed by atoms with Crippen LogP contribution < -0.4 is 14.8 Å². The van der Waals surface area contributed by atoms with Crippen LogP contribution in [0.2, 0.25) is 5.02 Å². The molecule has 1 heterocycles. The van der Waals surface area contributed by atoms with Crippen LogP contribution in [0, 0.1) is 0 Å². The second kappa shape index (κ2) is 10.2. The van der Waals surface area contributed by atoms with E-state index in [1.807, 2.05) is 30.3 Å². The van der Waals surface area contributed by atoms with Crippen LogP contribution in [0.3, 0.4) is 0 Å². The van der Waals surface area contributed by atoms with Crippen molar-refractivity contribution >= 4 is 17.7 Å². The molecule has 0 radical (unpaired) electrons. The van der Waals surface area contributed by atoms with Crippen molar-refractivity contribution in [1.82, 2.24) is 10.2 Å². The fourth-order valence-electron chi connectivity index (χ4n) is 3.07. The smallest absolute Gasteiger partial charge is 0.410 e. The number of ether oxygens (including phenoxy) is 3. The first-order valence-electron chi connectivity index (χ1n) is 9.31. The van der Waals surface area contributed by atoms with Crippen molar-refractivity contribution in [2.75, 3.05) is 33.4 Å². The molecular weight excluding hydrogens is 380 g/mol. The van der Waals surface area contributed by atoms with Crippen molar-refractivity contribution in [3.63, 3.8) is 0 Å². The third-order valence-electron chi connectivity index (χ3n) is 4.57. The Morgan fingerprint density at radius 1 is 1.21 bits per heavy atom. The number of piperazine rings is 1. The van der Waals surface area contributed by atoms with Crippen molar-refractivity contribution in [1.29, 1.82) is 0 Å². The summed E-state index contributed by atoms with van der Waals surface area (Å²) in [5.74, 6) is 1.26. The summed E-state index contributed by atoms with van der Waals surface area (Å²) in [7, 11) is 1.58. The summed E-state index contributed by atoms with van der Waals surface area (Å²) in [6.45, 7) is 2.75. The molecule has 0 aliphatic carbocycles. The Labute approximate surface area is 170 Å². The fraction of sp³-hybridized carbons (Fsp3) is 0.381. The lowest BCUT2D eigenvalue weighted by Gasteiger charge is -2.33. The van der Waals surface area contributed by atoms with Crippen LogP contribution in [-0.2, 0) is 11.3 Å². The highest BCUT2D eigenvalue weighted by Crippen LogP contribution is 2.30. The molecular formula is C21H25ClN2O4. The Morgan fingerprint density at radius 2 is 2.04 bits per heavy atom. The van der Waals surface area contributed by atoms with Crippen LogP contribution in [0.25, 0.3) is 0 Å². The molecule has 2 aromatic rings. The van der Waals surface area contributed by atoms with Crippen LogP contribution in [0.1, 0.15) is 12.0 Å². The maximum Gasteiger partial charge on any atom is 0.410 e. The molecule has 28 heavy (non-hydrogen) atoms. The second-order valence-corrected chi connectivity index (χ2v) is 7.01. The molecule has 0 saturated carbocycles. The zero-order valence-corrected chi connectivity index (χ0v) is 16.7. The van der Waals surface area contributed by atoms with Crippen LogP contribution in [0.5, 0.6) is 11.5 Å². The molecule has 0 unspecified atom stereocenters. The molecule has 1 amide bonds. The molecule has 1 aliphatic rings. The summed E-state index contributed by atoms with van der Waals surface area (Å²) in [4.78, 5) is 14.1. The van der Waals surface area contributed by atoms with Crippen LogP contribution >= 0.6 is 11.6 Å². The number of carbonyl (C=O) groups excluding carboxylic acids is 1. The monoisotopic (exact) mass is 404 g/mol. The van der Waals surface area contributed by atoms with E-state index in [-0.39, 0.29) is 18.7 Å². The van der Waals surface area contributed by atoms with E-state index < -0.39 is 0 Å². The van der Waals surface area contributed by atoms with Gasteiger partial charge in [0, 0.05) is 36.8 Å². The lowest BCUT2D eigenvalue weighted by atomic mass is 10.1. The first-order chi connectivity index (χ1) is 13.7. The molecule has 1 aliphatic heterocycles. The number of hydrogen-bond acceptors (Lipinski definition) is 5. The number of carbonyl (C=O) groups is 1. The van der Waals surface area contributed by atoms with Gasteiger partial charge >= 0.3 is 6.09 Å².